The molecule has 3 nitrogen and oxygen atoms in total. The van der Waals surface area contributed by atoms with E-state index in [1.165, 1.54) is 5.56 Å². The second-order valence-electron chi connectivity index (χ2n) is 4.94. The van der Waals surface area contributed by atoms with Crippen molar-refractivity contribution in [3.05, 3.63) is 66.0 Å². The van der Waals surface area contributed by atoms with Gasteiger partial charge in [0.2, 0.25) is 5.91 Å². The predicted molar refractivity (Wildman–Crippen MR) is 73.4 cm³/mol. The van der Waals surface area contributed by atoms with Crippen molar-refractivity contribution >= 4 is 5.91 Å². The van der Waals surface area contributed by atoms with Crippen molar-refractivity contribution in [1.29, 1.82) is 0 Å². The Morgan fingerprint density at radius 3 is 2.79 bits per heavy atom. The number of carbonyl (C=O) groups excluding carboxylic acids is 1. The molecule has 0 spiro atoms. The lowest BCUT2D eigenvalue weighted by atomic mass is 10.1. The number of nitrogens with one attached hydrogen (secondary N) is 1. The summed E-state index contributed by atoms with van der Waals surface area (Å²) in [5.74, 6) is 0.687. The van der Waals surface area contributed by atoms with Crippen molar-refractivity contribution in [3.63, 3.8) is 0 Å². The molecule has 1 heterocycles. The summed E-state index contributed by atoms with van der Waals surface area (Å²) in [7, 11) is 0. The van der Waals surface area contributed by atoms with Gasteiger partial charge in [-0.1, -0.05) is 36.4 Å². The monoisotopic (exact) mass is 252 g/mol. The summed E-state index contributed by atoms with van der Waals surface area (Å²) < 4.78 is 0. The normalized spacial score (nSPS) is 20.8. The van der Waals surface area contributed by atoms with Crippen LogP contribution in [0.2, 0.25) is 0 Å². The zero-order valence-electron chi connectivity index (χ0n) is 10.6. The van der Waals surface area contributed by atoms with E-state index in [1.807, 2.05) is 30.3 Å². The molecule has 19 heavy (non-hydrogen) atoms. The summed E-state index contributed by atoms with van der Waals surface area (Å²) >= 11 is 0. The van der Waals surface area contributed by atoms with Gasteiger partial charge < -0.3 is 5.32 Å². The quantitative estimate of drug-likeness (QED) is 0.908. The summed E-state index contributed by atoms with van der Waals surface area (Å²) in [6.07, 6.45) is 4.47. The fourth-order valence-corrected chi connectivity index (χ4v) is 2.38. The van der Waals surface area contributed by atoms with Crippen molar-refractivity contribution in [2.45, 2.75) is 18.9 Å². The van der Waals surface area contributed by atoms with Gasteiger partial charge in [0.15, 0.2) is 0 Å². The number of benzene rings is 1. The van der Waals surface area contributed by atoms with Crippen molar-refractivity contribution in [1.82, 2.24) is 10.3 Å². The Morgan fingerprint density at radius 1 is 1.21 bits per heavy atom. The van der Waals surface area contributed by atoms with Gasteiger partial charge in [0.25, 0.3) is 0 Å². The topological polar surface area (TPSA) is 42.0 Å². The van der Waals surface area contributed by atoms with E-state index in [-0.39, 0.29) is 11.8 Å². The predicted octanol–water partition coefficient (Wildman–Crippen LogP) is 2.50. The smallest absolute Gasteiger partial charge is 0.224 e. The van der Waals surface area contributed by atoms with Gasteiger partial charge in [-0.2, -0.15) is 0 Å². The molecule has 0 aliphatic heterocycles. The van der Waals surface area contributed by atoms with E-state index in [0.29, 0.717) is 12.5 Å². The molecule has 1 aliphatic rings. The van der Waals surface area contributed by atoms with E-state index in [0.717, 1.165) is 12.0 Å². The number of nitrogens with zero attached hydrogens (tertiary/aromatic N) is 1. The maximum absolute atomic E-state index is 12.0. The Morgan fingerprint density at radius 2 is 2.05 bits per heavy atom. The highest BCUT2D eigenvalue weighted by molar-refractivity contribution is 5.82. The van der Waals surface area contributed by atoms with Gasteiger partial charge in [0.05, 0.1) is 0 Å². The summed E-state index contributed by atoms with van der Waals surface area (Å²) in [6.45, 7) is 0.560. The minimum atomic E-state index is 0.138. The number of hydrogen-bond acceptors (Lipinski definition) is 2. The highest BCUT2D eigenvalue weighted by Crippen LogP contribution is 2.47. The van der Waals surface area contributed by atoms with Crippen molar-refractivity contribution < 1.29 is 4.79 Å². The Kier molecular flexibility index (Phi) is 3.27. The van der Waals surface area contributed by atoms with Gasteiger partial charge in [0, 0.05) is 24.9 Å². The maximum atomic E-state index is 12.0. The Bertz CT molecular complexity index is 553. The molecule has 2 atom stereocenters. The largest absolute Gasteiger partial charge is 0.352 e. The van der Waals surface area contributed by atoms with Crippen molar-refractivity contribution in [2.24, 2.45) is 5.92 Å². The highest BCUT2D eigenvalue weighted by atomic mass is 16.2. The standard InChI is InChI=1S/C16H16N2O/c19-16(18-11-12-5-4-8-17-10-12)15-9-14(15)13-6-2-1-3-7-13/h1-8,10,14-15H,9,11H2,(H,18,19)/t14-,15-/m1/s1. The molecule has 1 fully saturated rings. The van der Waals surface area contributed by atoms with Crippen LogP contribution in [0.3, 0.4) is 0 Å². The molecule has 1 amide bonds. The molecule has 1 N–H and O–H groups in total. The van der Waals surface area contributed by atoms with Gasteiger partial charge >= 0.3 is 0 Å². The molecule has 0 radical (unpaired) electrons. The molecule has 0 bridgehead atoms. The molecular weight excluding hydrogens is 236 g/mol. The number of pyridine rings is 1. The molecule has 3 heteroatoms. The summed E-state index contributed by atoms with van der Waals surface area (Å²) in [4.78, 5) is 16.1. The van der Waals surface area contributed by atoms with Crippen LogP contribution in [0.25, 0.3) is 0 Å². The zero-order chi connectivity index (χ0) is 13.1. The second-order valence-corrected chi connectivity index (χ2v) is 4.94. The van der Waals surface area contributed by atoms with E-state index in [2.05, 4.69) is 22.4 Å². The molecule has 1 aliphatic carbocycles. The number of amides is 1. The molecule has 1 aromatic heterocycles. The Hall–Kier alpha value is -2.16. The first-order valence-corrected chi connectivity index (χ1v) is 6.56. The van der Waals surface area contributed by atoms with Gasteiger partial charge in [0.1, 0.15) is 0 Å². The van der Waals surface area contributed by atoms with Crippen LogP contribution in [0, 0.1) is 5.92 Å². The number of carbonyl (C=O) groups is 1. The van der Waals surface area contributed by atoms with Crippen LogP contribution in [0.1, 0.15) is 23.5 Å². The van der Waals surface area contributed by atoms with Gasteiger partial charge in [-0.25, -0.2) is 0 Å². The molecule has 2 aromatic rings. The van der Waals surface area contributed by atoms with Gasteiger partial charge in [-0.3, -0.25) is 9.78 Å². The molecule has 0 unspecified atom stereocenters. The minimum Gasteiger partial charge on any atom is -0.352 e. The van der Waals surface area contributed by atoms with E-state index < -0.39 is 0 Å². The van der Waals surface area contributed by atoms with Crippen LogP contribution in [-0.4, -0.2) is 10.9 Å². The SMILES string of the molecule is O=C(NCc1cccnc1)[C@@H]1C[C@@H]1c1ccccc1. The van der Waals surface area contributed by atoms with Crippen LogP contribution >= 0.6 is 0 Å². The lowest BCUT2D eigenvalue weighted by molar-refractivity contribution is -0.122. The first-order chi connectivity index (χ1) is 9.34. The van der Waals surface area contributed by atoms with E-state index >= 15 is 0 Å². The first kappa shape index (κ1) is 11.9. The van der Waals surface area contributed by atoms with E-state index in [1.54, 1.807) is 12.4 Å². The third kappa shape index (κ3) is 2.81. The zero-order valence-corrected chi connectivity index (χ0v) is 10.6. The van der Waals surface area contributed by atoms with Crippen LogP contribution in [0.15, 0.2) is 54.9 Å². The fraction of sp³-hybridized carbons (Fsp3) is 0.250. The van der Waals surface area contributed by atoms with Gasteiger partial charge in [-0.05, 0) is 29.5 Å². The Balaban J connectivity index is 1.53. The van der Waals surface area contributed by atoms with Crippen LogP contribution in [0.4, 0.5) is 0 Å². The van der Waals surface area contributed by atoms with Crippen LogP contribution in [-0.2, 0) is 11.3 Å². The fourth-order valence-electron chi connectivity index (χ4n) is 2.38. The van der Waals surface area contributed by atoms with Crippen molar-refractivity contribution in [2.75, 3.05) is 0 Å². The van der Waals surface area contributed by atoms with Gasteiger partial charge in [-0.15, -0.1) is 0 Å². The number of hydrogen-bond donors (Lipinski definition) is 1. The van der Waals surface area contributed by atoms with E-state index in [9.17, 15) is 4.79 Å². The lowest BCUT2D eigenvalue weighted by Gasteiger charge is -2.04. The third-order valence-electron chi connectivity index (χ3n) is 3.54. The summed E-state index contributed by atoms with van der Waals surface area (Å²) in [5.41, 5.74) is 2.30. The molecule has 0 saturated heterocycles. The maximum Gasteiger partial charge on any atom is 0.224 e. The number of rotatable bonds is 4. The average Bonchev–Trinajstić information content (AvgIpc) is 3.27. The highest BCUT2D eigenvalue weighted by Gasteiger charge is 2.43. The van der Waals surface area contributed by atoms with E-state index in [4.69, 9.17) is 0 Å². The first-order valence-electron chi connectivity index (χ1n) is 6.56. The van der Waals surface area contributed by atoms with Crippen molar-refractivity contribution in [3.8, 4) is 0 Å². The third-order valence-corrected chi connectivity index (χ3v) is 3.54. The minimum absolute atomic E-state index is 0.138. The molecule has 1 aromatic carbocycles. The number of aromatic nitrogens is 1. The van der Waals surface area contributed by atoms with Crippen LogP contribution in [0.5, 0.6) is 0 Å². The molecular formula is C16H16N2O. The summed E-state index contributed by atoms with van der Waals surface area (Å²) in [5, 5.41) is 2.98. The lowest BCUT2D eigenvalue weighted by Crippen LogP contribution is -2.24. The molecule has 96 valence electrons. The molecule has 1 saturated carbocycles. The average molecular weight is 252 g/mol. The van der Waals surface area contributed by atoms with Crippen LogP contribution < -0.4 is 5.32 Å². The second kappa shape index (κ2) is 5.22. The molecule has 3 rings (SSSR count). The summed E-state index contributed by atoms with van der Waals surface area (Å²) in [6, 6.07) is 14.1. The Labute approximate surface area is 112 Å².